The molecule has 0 unspecified atom stereocenters. The maximum Gasteiger partial charge on any atom is 0.0107 e. The van der Waals surface area contributed by atoms with E-state index in [0.29, 0.717) is 0 Å². The number of nitrogens with zero attached hydrogens (tertiary/aromatic N) is 6. The molecule has 3 aliphatic heterocycles. The van der Waals surface area contributed by atoms with Crippen molar-refractivity contribution in [3.8, 4) is 0 Å². The molecule has 28 heavy (non-hydrogen) atoms. The minimum Gasteiger partial charge on any atom is -0.304 e. The number of hydrogen-bond donors (Lipinski definition) is 0. The van der Waals surface area contributed by atoms with Gasteiger partial charge in [0.25, 0.3) is 0 Å². The summed E-state index contributed by atoms with van der Waals surface area (Å²) in [5.74, 6) is 0. The molecule has 3 rings (SSSR count). The molecule has 6 heteroatoms. The second-order valence-electron chi connectivity index (χ2n) is 7.82. The fourth-order valence-corrected chi connectivity index (χ4v) is 2.72. The van der Waals surface area contributed by atoms with Crippen molar-refractivity contribution in [3.05, 3.63) is 0 Å². The third-order valence-electron chi connectivity index (χ3n) is 5.18. The lowest BCUT2D eigenvalue weighted by Crippen LogP contribution is -2.42. The van der Waals surface area contributed by atoms with E-state index in [1.165, 1.54) is 78.5 Å². The van der Waals surface area contributed by atoms with Crippen LogP contribution in [0.15, 0.2) is 0 Å². The zero-order valence-corrected chi connectivity index (χ0v) is 21.2. The summed E-state index contributed by atoms with van der Waals surface area (Å²) in [6.45, 7) is 22.8. The summed E-state index contributed by atoms with van der Waals surface area (Å²) in [5.41, 5.74) is 0. The smallest absolute Gasteiger partial charge is 0.0107 e. The van der Waals surface area contributed by atoms with E-state index in [4.69, 9.17) is 0 Å². The molecule has 0 amide bonds. The van der Waals surface area contributed by atoms with Crippen LogP contribution in [0.1, 0.15) is 27.7 Å². The Morgan fingerprint density at radius 3 is 0.393 bits per heavy atom. The van der Waals surface area contributed by atoms with Gasteiger partial charge < -0.3 is 29.4 Å². The minimum absolute atomic E-state index is 1.23. The second-order valence-corrected chi connectivity index (χ2v) is 7.82. The third-order valence-corrected chi connectivity index (χ3v) is 5.18. The molecule has 0 atom stereocenters. The lowest BCUT2D eigenvalue weighted by atomic mass is 10.4. The quantitative estimate of drug-likeness (QED) is 0.609. The van der Waals surface area contributed by atoms with E-state index in [2.05, 4.69) is 71.7 Å². The fraction of sp³-hybridized carbons (Fsp3) is 1.00. The highest BCUT2D eigenvalue weighted by Crippen LogP contribution is 1.94. The van der Waals surface area contributed by atoms with Gasteiger partial charge in [-0.25, -0.2) is 0 Å². The van der Waals surface area contributed by atoms with Gasteiger partial charge in [-0.3, -0.25) is 0 Å². The molecule has 3 heterocycles. The van der Waals surface area contributed by atoms with Gasteiger partial charge in [-0.1, -0.05) is 27.7 Å². The zero-order chi connectivity index (χ0) is 21.9. The molecule has 0 aromatic rings. The van der Waals surface area contributed by atoms with Gasteiger partial charge in [0.2, 0.25) is 0 Å². The largest absolute Gasteiger partial charge is 0.304 e. The van der Waals surface area contributed by atoms with Crippen LogP contribution in [0.2, 0.25) is 0 Å². The summed E-state index contributed by atoms with van der Waals surface area (Å²) < 4.78 is 0. The van der Waals surface area contributed by atoms with Gasteiger partial charge in [-0.05, 0) is 42.3 Å². The first-order valence-corrected chi connectivity index (χ1v) is 11.5. The number of hydrogen-bond acceptors (Lipinski definition) is 6. The van der Waals surface area contributed by atoms with Gasteiger partial charge in [0.15, 0.2) is 0 Å². The highest BCUT2D eigenvalue weighted by atomic mass is 15.2. The summed E-state index contributed by atoms with van der Waals surface area (Å²) >= 11 is 0. The Hall–Kier alpha value is -0.240. The van der Waals surface area contributed by atoms with E-state index < -0.39 is 0 Å². The summed E-state index contributed by atoms with van der Waals surface area (Å²) in [4.78, 5) is 14.2. The van der Waals surface area contributed by atoms with E-state index in [-0.39, 0.29) is 0 Å². The van der Waals surface area contributed by atoms with E-state index in [1.54, 1.807) is 0 Å². The molecule has 3 aliphatic rings. The van der Waals surface area contributed by atoms with Gasteiger partial charge >= 0.3 is 0 Å². The van der Waals surface area contributed by atoms with Gasteiger partial charge in [0, 0.05) is 78.5 Å². The molecule has 0 N–H and O–H groups in total. The molecule has 6 nitrogen and oxygen atoms in total. The Kier molecular flexibility index (Phi) is 21.5. The molecule has 172 valence electrons. The molecule has 0 saturated carbocycles. The third kappa shape index (κ3) is 17.8. The van der Waals surface area contributed by atoms with E-state index in [9.17, 15) is 0 Å². The summed E-state index contributed by atoms with van der Waals surface area (Å²) in [5, 5.41) is 0. The summed E-state index contributed by atoms with van der Waals surface area (Å²) in [7, 11) is 13.0. The Balaban J connectivity index is 0. The lowest BCUT2D eigenvalue weighted by molar-refractivity contribution is 0.181. The van der Waals surface area contributed by atoms with E-state index in [1.807, 2.05) is 27.7 Å². The molecule has 0 aromatic heterocycles. The number of rotatable bonds is 0. The first-order valence-electron chi connectivity index (χ1n) is 11.5. The average molecular weight is 403 g/mol. The van der Waals surface area contributed by atoms with Crippen LogP contribution in [-0.2, 0) is 0 Å². The van der Waals surface area contributed by atoms with Gasteiger partial charge in [0.1, 0.15) is 0 Å². The van der Waals surface area contributed by atoms with Gasteiger partial charge in [0.05, 0.1) is 0 Å². The Labute approximate surface area is 178 Å². The lowest BCUT2D eigenvalue weighted by Gasteiger charge is -2.28. The van der Waals surface area contributed by atoms with Crippen LogP contribution in [-0.4, -0.2) is 150 Å². The van der Waals surface area contributed by atoms with Gasteiger partial charge in [-0.15, -0.1) is 0 Å². The van der Waals surface area contributed by atoms with E-state index >= 15 is 0 Å². The summed E-state index contributed by atoms with van der Waals surface area (Å²) in [6.07, 6.45) is 0. The maximum absolute atomic E-state index is 2.36. The molecular weight excluding hydrogens is 348 g/mol. The van der Waals surface area contributed by atoms with Crippen LogP contribution in [0.25, 0.3) is 0 Å². The zero-order valence-electron chi connectivity index (χ0n) is 21.2. The van der Waals surface area contributed by atoms with Crippen molar-refractivity contribution < 1.29 is 0 Å². The summed E-state index contributed by atoms with van der Waals surface area (Å²) in [6, 6.07) is 0. The first-order chi connectivity index (χ1) is 13.4. The minimum atomic E-state index is 1.23. The van der Waals surface area contributed by atoms with Crippen molar-refractivity contribution in [3.63, 3.8) is 0 Å². The SMILES string of the molecule is CC.CC.CN1CCN(C)CC1.CN1CCN(C)CC1.CN1CCN(C)CC1. The molecule has 0 aliphatic carbocycles. The number of likely N-dealkylation sites (N-methyl/N-ethyl adjacent to an activating group) is 6. The van der Waals surface area contributed by atoms with Crippen LogP contribution in [0.5, 0.6) is 0 Å². The Bertz CT molecular complexity index is 214. The topological polar surface area (TPSA) is 19.4 Å². The normalized spacial score (nSPS) is 22.9. The molecule has 3 fully saturated rings. The van der Waals surface area contributed by atoms with E-state index in [0.717, 1.165) is 0 Å². The first kappa shape index (κ1) is 30.0. The van der Waals surface area contributed by atoms with Crippen molar-refractivity contribution >= 4 is 0 Å². The molecule has 0 bridgehead atoms. The highest BCUT2D eigenvalue weighted by molar-refractivity contribution is 4.66. The van der Waals surface area contributed by atoms with Crippen LogP contribution in [0.3, 0.4) is 0 Å². The van der Waals surface area contributed by atoms with Crippen LogP contribution < -0.4 is 0 Å². The Morgan fingerprint density at radius 1 is 0.250 bits per heavy atom. The van der Waals surface area contributed by atoms with Crippen molar-refractivity contribution in [2.24, 2.45) is 0 Å². The predicted molar refractivity (Wildman–Crippen MR) is 128 cm³/mol. The predicted octanol–water partition coefficient (Wildman–Crippen LogP) is 1.64. The fourth-order valence-electron chi connectivity index (χ4n) is 2.72. The molecule has 0 spiro atoms. The second kappa shape index (κ2) is 20.0. The molecule has 0 aromatic carbocycles. The van der Waals surface area contributed by atoms with Crippen LogP contribution >= 0.6 is 0 Å². The van der Waals surface area contributed by atoms with Crippen molar-refractivity contribution in [2.45, 2.75) is 27.7 Å². The van der Waals surface area contributed by atoms with Crippen molar-refractivity contribution in [1.29, 1.82) is 0 Å². The average Bonchev–Trinajstić information content (AvgIpc) is 2.73. The maximum atomic E-state index is 2.36. The van der Waals surface area contributed by atoms with Crippen molar-refractivity contribution in [2.75, 3.05) is 121 Å². The number of piperazine rings is 3. The van der Waals surface area contributed by atoms with Crippen LogP contribution in [0, 0.1) is 0 Å². The van der Waals surface area contributed by atoms with Crippen LogP contribution in [0.4, 0.5) is 0 Å². The molecular formula is C22H54N6. The Morgan fingerprint density at radius 2 is 0.321 bits per heavy atom. The highest BCUT2D eigenvalue weighted by Gasteiger charge is 2.09. The van der Waals surface area contributed by atoms with Crippen molar-refractivity contribution in [1.82, 2.24) is 29.4 Å². The van der Waals surface area contributed by atoms with Gasteiger partial charge in [-0.2, -0.15) is 0 Å². The monoisotopic (exact) mass is 402 g/mol. The molecule has 0 radical (unpaired) electrons. The standard InChI is InChI=1S/3C6H14N2.2C2H6/c3*1-7-3-5-8(2)6-4-7;2*1-2/h3*3-6H2,1-2H3;2*1-2H3. The molecule has 3 saturated heterocycles.